The van der Waals surface area contributed by atoms with Crippen LogP contribution in [0.15, 0.2) is 34.9 Å². The molecule has 0 amide bonds. The molecule has 2 rings (SSSR count). The third kappa shape index (κ3) is 3.20. The SMILES string of the molecule is CCNc1ncc(Br)c(Oc2cccc(C)c2)n1. The van der Waals surface area contributed by atoms with Gasteiger partial charge in [0.15, 0.2) is 0 Å². The second-order valence-electron chi connectivity index (χ2n) is 3.80. The zero-order valence-corrected chi connectivity index (χ0v) is 11.9. The molecule has 94 valence electrons. The third-order valence-electron chi connectivity index (χ3n) is 2.25. The quantitative estimate of drug-likeness (QED) is 0.934. The maximum atomic E-state index is 5.74. The average Bonchev–Trinajstić information content (AvgIpc) is 2.34. The van der Waals surface area contributed by atoms with Gasteiger partial charge in [-0.25, -0.2) is 4.98 Å². The van der Waals surface area contributed by atoms with Gasteiger partial charge in [-0.05, 0) is 47.5 Å². The summed E-state index contributed by atoms with van der Waals surface area (Å²) in [6.45, 7) is 4.78. The molecule has 0 unspecified atom stereocenters. The Kier molecular flexibility index (Phi) is 4.15. The topological polar surface area (TPSA) is 47.0 Å². The number of rotatable bonds is 4. The van der Waals surface area contributed by atoms with Crippen LogP contribution in [0.1, 0.15) is 12.5 Å². The summed E-state index contributed by atoms with van der Waals surface area (Å²) in [7, 11) is 0. The molecular formula is C13H14BrN3O. The van der Waals surface area contributed by atoms with Crippen LogP contribution in [0.5, 0.6) is 11.6 Å². The van der Waals surface area contributed by atoms with Crippen LogP contribution in [0.4, 0.5) is 5.95 Å². The van der Waals surface area contributed by atoms with E-state index >= 15 is 0 Å². The predicted octanol–water partition coefficient (Wildman–Crippen LogP) is 3.77. The lowest BCUT2D eigenvalue weighted by Crippen LogP contribution is -2.03. The van der Waals surface area contributed by atoms with Crippen LogP contribution in [0, 0.1) is 6.92 Å². The molecule has 5 heteroatoms. The van der Waals surface area contributed by atoms with E-state index in [0.29, 0.717) is 11.8 Å². The zero-order valence-electron chi connectivity index (χ0n) is 10.3. The fraction of sp³-hybridized carbons (Fsp3) is 0.231. The number of aromatic nitrogens is 2. The van der Waals surface area contributed by atoms with Crippen molar-refractivity contribution in [2.75, 3.05) is 11.9 Å². The highest BCUT2D eigenvalue weighted by Crippen LogP contribution is 2.28. The van der Waals surface area contributed by atoms with E-state index in [1.165, 1.54) is 0 Å². The van der Waals surface area contributed by atoms with E-state index in [1.807, 2.05) is 38.1 Å². The average molecular weight is 308 g/mol. The van der Waals surface area contributed by atoms with E-state index < -0.39 is 0 Å². The highest BCUT2D eigenvalue weighted by molar-refractivity contribution is 9.10. The van der Waals surface area contributed by atoms with Crippen molar-refractivity contribution in [3.63, 3.8) is 0 Å². The van der Waals surface area contributed by atoms with E-state index in [4.69, 9.17) is 4.74 Å². The van der Waals surface area contributed by atoms with Crippen LogP contribution in [0.2, 0.25) is 0 Å². The molecule has 1 heterocycles. The van der Waals surface area contributed by atoms with Gasteiger partial charge in [0.05, 0.1) is 10.7 Å². The van der Waals surface area contributed by atoms with Gasteiger partial charge in [0.2, 0.25) is 11.8 Å². The number of hydrogen-bond donors (Lipinski definition) is 1. The number of nitrogens with one attached hydrogen (secondary N) is 1. The van der Waals surface area contributed by atoms with E-state index in [2.05, 4.69) is 31.2 Å². The zero-order chi connectivity index (χ0) is 13.0. The summed E-state index contributed by atoms with van der Waals surface area (Å²) < 4.78 is 6.47. The van der Waals surface area contributed by atoms with E-state index in [9.17, 15) is 0 Å². The van der Waals surface area contributed by atoms with Crippen LogP contribution < -0.4 is 10.1 Å². The summed E-state index contributed by atoms with van der Waals surface area (Å²) in [4.78, 5) is 8.43. The van der Waals surface area contributed by atoms with Crippen molar-refractivity contribution in [2.24, 2.45) is 0 Å². The molecule has 4 nitrogen and oxygen atoms in total. The van der Waals surface area contributed by atoms with Gasteiger partial charge in [0, 0.05) is 6.54 Å². The fourth-order valence-corrected chi connectivity index (χ4v) is 1.73. The Balaban J connectivity index is 2.25. The summed E-state index contributed by atoms with van der Waals surface area (Å²) >= 11 is 3.38. The first-order chi connectivity index (χ1) is 8.69. The van der Waals surface area contributed by atoms with Crippen molar-refractivity contribution in [1.82, 2.24) is 9.97 Å². The molecule has 1 aromatic heterocycles. The number of halogens is 1. The molecule has 0 saturated heterocycles. The van der Waals surface area contributed by atoms with Crippen LogP contribution in [-0.2, 0) is 0 Å². The number of nitrogens with zero attached hydrogens (tertiary/aromatic N) is 2. The molecule has 0 bridgehead atoms. The summed E-state index contributed by atoms with van der Waals surface area (Å²) in [5.41, 5.74) is 1.14. The third-order valence-corrected chi connectivity index (χ3v) is 2.79. The molecule has 0 spiro atoms. The smallest absolute Gasteiger partial charge is 0.238 e. The normalized spacial score (nSPS) is 10.2. The minimum Gasteiger partial charge on any atom is -0.438 e. The molecule has 0 fully saturated rings. The van der Waals surface area contributed by atoms with Gasteiger partial charge >= 0.3 is 0 Å². The second kappa shape index (κ2) is 5.82. The van der Waals surface area contributed by atoms with Crippen LogP contribution in [0.25, 0.3) is 0 Å². The first kappa shape index (κ1) is 12.8. The lowest BCUT2D eigenvalue weighted by Gasteiger charge is -2.08. The fourth-order valence-electron chi connectivity index (χ4n) is 1.46. The molecule has 0 atom stereocenters. The lowest BCUT2D eigenvalue weighted by atomic mass is 10.2. The Morgan fingerprint density at radius 3 is 2.94 bits per heavy atom. The first-order valence-corrected chi connectivity index (χ1v) is 6.49. The largest absolute Gasteiger partial charge is 0.438 e. The first-order valence-electron chi connectivity index (χ1n) is 5.70. The van der Waals surface area contributed by atoms with Gasteiger partial charge < -0.3 is 10.1 Å². The Hall–Kier alpha value is -1.62. The van der Waals surface area contributed by atoms with Gasteiger partial charge in [0.25, 0.3) is 0 Å². The van der Waals surface area contributed by atoms with Gasteiger partial charge in [0.1, 0.15) is 5.75 Å². The lowest BCUT2D eigenvalue weighted by molar-refractivity contribution is 0.458. The van der Waals surface area contributed by atoms with E-state index in [0.717, 1.165) is 22.3 Å². The maximum Gasteiger partial charge on any atom is 0.238 e. The van der Waals surface area contributed by atoms with Crippen molar-refractivity contribution in [1.29, 1.82) is 0 Å². The van der Waals surface area contributed by atoms with Gasteiger partial charge in [-0.15, -0.1) is 0 Å². The van der Waals surface area contributed by atoms with E-state index in [-0.39, 0.29) is 0 Å². The summed E-state index contributed by atoms with van der Waals surface area (Å²) in [6, 6.07) is 7.83. The molecule has 0 aliphatic rings. The molecule has 2 aromatic rings. The molecule has 0 aliphatic carbocycles. The molecule has 1 aromatic carbocycles. The van der Waals surface area contributed by atoms with E-state index in [1.54, 1.807) is 6.20 Å². The van der Waals surface area contributed by atoms with Gasteiger partial charge in [-0.3, -0.25) is 0 Å². The Morgan fingerprint density at radius 2 is 2.22 bits per heavy atom. The van der Waals surface area contributed by atoms with Crippen LogP contribution >= 0.6 is 15.9 Å². The molecular weight excluding hydrogens is 294 g/mol. The van der Waals surface area contributed by atoms with Crippen molar-refractivity contribution in [3.05, 3.63) is 40.5 Å². The second-order valence-corrected chi connectivity index (χ2v) is 4.65. The minimum absolute atomic E-state index is 0.506. The summed E-state index contributed by atoms with van der Waals surface area (Å²) in [6.07, 6.45) is 1.68. The van der Waals surface area contributed by atoms with Crippen LogP contribution in [0.3, 0.4) is 0 Å². The standard InChI is InChI=1S/C13H14BrN3O/c1-3-15-13-16-8-11(14)12(17-13)18-10-6-4-5-9(2)7-10/h4-8H,3H2,1-2H3,(H,15,16,17). The number of hydrogen-bond acceptors (Lipinski definition) is 4. The number of anilines is 1. The highest BCUT2D eigenvalue weighted by atomic mass is 79.9. The Morgan fingerprint density at radius 1 is 1.39 bits per heavy atom. The predicted molar refractivity (Wildman–Crippen MR) is 75.1 cm³/mol. The maximum absolute atomic E-state index is 5.74. The van der Waals surface area contributed by atoms with Crippen molar-refractivity contribution >= 4 is 21.9 Å². The van der Waals surface area contributed by atoms with Gasteiger partial charge in [-0.1, -0.05) is 12.1 Å². The molecule has 1 N–H and O–H groups in total. The molecule has 0 saturated carbocycles. The van der Waals surface area contributed by atoms with Crippen molar-refractivity contribution in [2.45, 2.75) is 13.8 Å². The number of aryl methyl sites for hydroxylation is 1. The monoisotopic (exact) mass is 307 g/mol. The molecule has 0 radical (unpaired) electrons. The summed E-state index contributed by atoms with van der Waals surface area (Å²) in [5, 5.41) is 3.05. The van der Waals surface area contributed by atoms with Crippen molar-refractivity contribution in [3.8, 4) is 11.6 Å². The van der Waals surface area contributed by atoms with Crippen molar-refractivity contribution < 1.29 is 4.74 Å². The summed E-state index contributed by atoms with van der Waals surface area (Å²) in [5.74, 6) is 1.83. The Labute approximate surface area is 115 Å². The molecule has 18 heavy (non-hydrogen) atoms. The van der Waals surface area contributed by atoms with Crippen LogP contribution in [-0.4, -0.2) is 16.5 Å². The molecule has 0 aliphatic heterocycles. The highest BCUT2D eigenvalue weighted by Gasteiger charge is 2.07. The Bertz CT molecular complexity index is 546. The number of benzene rings is 1. The minimum atomic E-state index is 0.506. The number of ether oxygens (including phenoxy) is 1. The van der Waals surface area contributed by atoms with Gasteiger partial charge in [-0.2, -0.15) is 4.98 Å².